The van der Waals surface area contributed by atoms with Gasteiger partial charge in [0.05, 0.1) is 6.10 Å². The van der Waals surface area contributed by atoms with Crippen molar-refractivity contribution >= 4 is 17.3 Å². The van der Waals surface area contributed by atoms with Crippen LogP contribution in [0.3, 0.4) is 0 Å². The first kappa shape index (κ1) is 22.3. The summed E-state index contributed by atoms with van der Waals surface area (Å²) in [6.07, 6.45) is 12.8. The summed E-state index contributed by atoms with van der Waals surface area (Å²) in [5, 5.41) is 19.7. The zero-order valence-corrected chi connectivity index (χ0v) is 18.4. The smallest absolute Gasteiger partial charge is 0.345 e. The van der Waals surface area contributed by atoms with Gasteiger partial charge in [0, 0.05) is 17.2 Å². The highest BCUT2D eigenvalue weighted by Crippen LogP contribution is 2.48. The number of hydrogen-bond acceptors (Lipinski definition) is 3. The lowest BCUT2D eigenvalue weighted by molar-refractivity contribution is -0.0437. The lowest BCUT2D eigenvalue weighted by Crippen LogP contribution is -2.40. The fourth-order valence-electron chi connectivity index (χ4n) is 5.65. The van der Waals surface area contributed by atoms with Crippen LogP contribution in [0.2, 0.25) is 0 Å². The van der Waals surface area contributed by atoms with E-state index in [2.05, 4.69) is 11.8 Å². The molecule has 0 amide bonds. The fraction of sp³-hybridized carbons (Fsp3) is 0.750. The van der Waals surface area contributed by atoms with Crippen molar-refractivity contribution in [2.24, 2.45) is 17.3 Å². The van der Waals surface area contributed by atoms with E-state index in [1.807, 2.05) is 6.07 Å². The highest BCUT2D eigenvalue weighted by atomic mass is 32.1. The summed E-state index contributed by atoms with van der Waals surface area (Å²) in [6.45, 7) is 9.79. The van der Waals surface area contributed by atoms with E-state index in [-0.39, 0.29) is 17.6 Å². The number of thiophene rings is 1. The van der Waals surface area contributed by atoms with Gasteiger partial charge < -0.3 is 15.1 Å². The van der Waals surface area contributed by atoms with Gasteiger partial charge in [0.2, 0.25) is 6.04 Å². The van der Waals surface area contributed by atoms with E-state index in [9.17, 15) is 9.90 Å². The van der Waals surface area contributed by atoms with E-state index >= 15 is 0 Å². The standard InChI is InChI=1S/C24H35NO3S/c1-3-24(15-6-16-24)22(26)10-5-9-19-17(11-13-20(19)25-2)7-4-8-18-12-14-21(29-18)23(27)28/h12,14,17,19-20,22,26H,3-11,13,15-16H2,1H3,(H,27,28)/t17-,19+,20+,22?/m0/s1. The Morgan fingerprint density at radius 3 is 2.69 bits per heavy atom. The van der Waals surface area contributed by atoms with Gasteiger partial charge in [-0.05, 0) is 81.3 Å². The first-order chi connectivity index (χ1) is 14.0. The van der Waals surface area contributed by atoms with Crippen molar-refractivity contribution in [1.29, 1.82) is 0 Å². The Hall–Kier alpha value is -1.38. The summed E-state index contributed by atoms with van der Waals surface area (Å²) in [7, 11) is 0. The molecule has 2 N–H and O–H groups in total. The fourth-order valence-corrected chi connectivity index (χ4v) is 6.53. The summed E-state index contributed by atoms with van der Waals surface area (Å²) < 4.78 is 0. The molecule has 0 radical (unpaired) electrons. The topological polar surface area (TPSA) is 61.9 Å². The van der Waals surface area contributed by atoms with Gasteiger partial charge in [0.1, 0.15) is 4.88 Å². The Morgan fingerprint density at radius 1 is 1.31 bits per heavy atom. The average Bonchev–Trinajstić information content (AvgIpc) is 3.29. The predicted octanol–water partition coefficient (Wildman–Crippen LogP) is 6.19. The minimum Gasteiger partial charge on any atom is -0.477 e. The third kappa shape index (κ3) is 5.22. The zero-order valence-electron chi connectivity index (χ0n) is 17.6. The van der Waals surface area contributed by atoms with Crippen LogP contribution in [0.25, 0.3) is 4.85 Å². The molecule has 4 nitrogen and oxygen atoms in total. The summed E-state index contributed by atoms with van der Waals surface area (Å²) in [5.41, 5.74) is 0.184. The Labute approximate surface area is 179 Å². The van der Waals surface area contributed by atoms with Gasteiger partial charge in [0.15, 0.2) is 0 Å². The highest BCUT2D eigenvalue weighted by Gasteiger charge is 2.42. The molecule has 1 heterocycles. The van der Waals surface area contributed by atoms with E-state index in [1.165, 1.54) is 30.6 Å². The molecule has 1 aromatic heterocycles. The molecular formula is C24H35NO3S. The zero-order chi connectivity index (χ0) is 20.9. The number of aliphatic hydroxyl groups excluding tert-OH is 1. The Morgan fingerprint density at radius 2 is 2.10 bits per heavy atom. The summed E-state index contributed by atoms with van der Waals surface area (Å²) in [5.74, 6) is 0.233. The lowest BCUT2D eigenvalue weighted by Gasteiger charge is -2.45. The van der Waals surface area contributed by atoms with Gasteiger partial charge in [-0.2, -0.15) is 0 Å². The molecular weight excluding hydrogens is 382 g/mol. The van der Waals surface area contributed by atoms with Crippen LogP contribution in [0.5, 0.6) is 0 Å². The quantitative estimate of drug-likeness (QED) is 0.422. The van der Waals surface area contributed by atoms with E-state index in [0.717, 1.165) is 62.7 Å². The second-order valence-corrected chi connectivity index (χ2v) is 10.3. The molecule has 1 unspecified atom stereocenters. The summed E-state index contributed by atoms with van der Waals surface area (Å²) in [6, 6.07) is 3.79. The molecule has 0 aromatic carbocycles. The van der Waals surface area contributed by atoms with Crippen molar-refractivity contribution in [3.05, 3.63) is 33.3 Å². The molecule has 2 aliphatic rings. The van der Waals surface area contributed by atoms with E-state index < -0.39 is 5.97 Å². The van der Waals surface area contributed by atoms with Crippen molar-refractivity contribution in [3.8, 4) is 0 Å². The second kappa shape index (κ2) is 10.1. The number of aliphatic hydroxyl groups is 1. The number of aryl methyl sites for hydroxylation is 1. The third-order valence-electron chi connectivity index (χ3n) is 7.74. The van der Waals surface area contributed by atoms with Crippen LogP contribution in [0.15, 0.2) is 12.1 Å². The maximum absolute atomic E-state index is 11.0. The second-order valence-electron chi connectivity index (χ2n) is 9.18. The molecule has 29 heavy (non-hydrogen) atoms. The van der Waals surface area contributed by atoms with Gasteiger partial charge in [0.25, 0.3) is 0 Å². The SMILES string of the molecule is [C-]#[N+][C@@H]1CC[C@H](CCCc2ccc(C(=O)O)s2)[C@H]1CCCC(O)C1(CC)CCC1. The van der Waals surface area contributed by atoms with Crippen LogP contribution in [0.4, 0.5) is 0 Å². The molecule has 2 saturated carbocycles. The molecule has 4 atom stereocenters. The molecule has 3 rings (SSSR count). The van der Waals surface area contributed by atoms with Crippen LogP contribution >= 0.6 is 11.3 Å². The number of carboxylic acids is 1. The Balaban J connectivity index is 1.45. The molecule has 0 saturated heterocycles. The first-order valence-electron chi connectivity index (χ1n) is 11.4. The third-order valence-corrected chi connectivity index (χ3v) is 8.88. The number of aromatic carboxylic acids is 1. The lowest BCUT2D eigenvalue weighted by atomic mass is 9.62. The van der Waals surface area contributed by atoms with Crippen molar-refractivity contribution in [3.63, 3.8) is 0 Å². The number of carboxylic acid groups (broad SMARTS) is 1. The van der Waals surface area contributed by atoms with E-state index in [0.29, 0.717) is 16.7 Å². The summed E-state index contributed by atoms with van der Waals surface area (Å²) in [4.78, 5) is 16.5. The number of carbonyl (C=O) groups is 1. The first-order valence-corrected chi connectivity index (χ1v) is 12.2. The normalized spacial score (nSPS) is 26.6. The van der Waals surface area contributed by atoms with Crippen LogP contribution in [0, 0.1) is 23.8 Å². The molecule has 0 spiro atoms. The number of nitrogens with zero attached hydrogens (tertiary/aromatic N) is 1. The van der Waals surface area contributed by atoms with Crippen LogP contribution in [0.1, 0.15) is 92.1 Å². The van der Waals surface area contributed by atoms with Crippen molar-refractivity contribution in [1.82, 2.24) is 0 Å². The molecule has 2 aliphatic carbocycles. The molecule has 160 valence electrons. The maximum atomic E-state index is 11.0. The van der Waals surface area contributed by atoms with E-state index in [4.69, 9.17) is 11.7 Å². The average molecular weight is 418 g/mol. The van der Waals surface area contributed by atoms with Gasteiger partial charge in [-0.3, -0.25) is 0 Å². The van der Waals surface area contributed by atoms with Gasteiger partial charge in [-0.1, -0.05) is 19.8 Å². The summed E-state index contributed by atoms with van der Waals surface area (Å²) >= 11 is 1.38. The largest absolute Gasteiger partial charge is 0.477 e. The van der Waals surface area contributed by atoms with Gasteiger partial charge >= 0.3 is 5.97 Å². The van der Waals surface area contributed by atoms with Gasteiger partial charge in [-0.25, -0.2) is 11.4 Å². The highest BCUT2D eigenvalue weighted by molar-refractivity contribution is 7.13. The number of rotatable bonds is 11. The Kier molecular flexibility index (Phi) is 7.76. The van der Waals surface area contributed by atoms with Crippen molar-refractivity contribution in [2.75, 3.05) is 0 Å². The van der Waals surface area contributed by atoms with Crippen molar-refractivity contribution < 1.29 is 15.0 Å². The van der Waals surface area contributed by atoms with Crippen LogP contribution in [-0.2, 0) is 6.42 Å². The van der Waals surface area contributed by atoms with Crippen LogP contribution < -0.4 is 0 Å². The molecule has 5 heteroatoms. The molecule has 0 aliphatic heterocycles. The molecule has 0 bridgehead atoms. The van der Waals surface area contributed by atoms with Crippen LogP contribution in [-0.4, -0.2) is 28.3 Å². The van der Waals surface area contributed by atoms with E-state index in [1.54, 1.807) is 6.07 Å². The predicted molar refractivity (Wildman–Crippen MR) is 117 cm³/mol. The minimum atomic E-state index is -0.842. The van der Waals surface area contributed by atoms with Crippen molar-refractivity contribution in [2.45, 2.75) is 96.1 Å². The Bertz CT molecular complexity index is 712. The monoisotopic (exact) mass is 417 g/mol. The minimum absolute atomic E-state index is 0.154. The van der Waals surface area contributed by atoms with Gasteiger partial charge in [-0.15, -0.1) is 11.3 Å². The maximum Gasteiger partial charge on any atom is 0.345 e. The number of hydrogen-bond donors (Lipinski definition) is 2. The molecule has 1 aromatic rings. The molecule has 2 fully saturated rings.